The Morgan fingerprint density at radius 2 is 1.62 bits per heavy atom. The molecule has 7 heteroatoms. The number of rotatable bonds is 3. The van der Waals surface area contributed by atoms with Gasteiger partial charge in [-0.1, -0.05) is 12.1 Å². The van der Waals surface area contributed by atoms with Crippen LogP contribution in [-0.2, 0) is 0 Å². The minimum atomic E-state index is 0. The van der Waals surface area contributed by atoms with Crippen molar-refractivity contribution in [3.05, 3.63) is 48.5 Å². The largest absolute Gasteiger partial charge is 1.00 e. The molecule has 4 rings (SSSR count). The van der Waals surface area contributed by atoms with Crippen molar-refractivity contribution in [3.63, 3.8) is 0 Å². The highest BCUT2D eigenvalue weighted by atomic mass is 35.5. The van der Waals surface area contributed by atoms with E-state index in [-0.39, 0.29) is 18.2 Å². The number of para-hydroxylation sites is 1. The third-order valence-corrected chi connectivity index (χ3v) is 4.51. The van der Waals surface area contributed by atoms with E-state index in [0.29, 0.717) is 5.95 Å². The molecule has 0 unspecified atom stereocenters. The van der Waals surface area contributed by atoms with Crippen LogP contribution >= 0.6 is 0 Å². The first kappa shape index (κ1) is 18.2. The standard InChI is InChI=1S/C19H21N5O.ClH/c1-23-10-12-24(13-11-23)18-16-4-2-3-5-17(16)21-19(22-18)20-14-6-8-15(25)9-7-14;/h2-9,25H,10-13H2,1H3,(H,20,21,22);1H/p-1. The Balaban J connectivity index is 0.00000196. The van der Waals surface area contributed by atoms with Gasteiger partial charge in [-0.05, 0) is 43.4 Å². The van der Waals surface area contributed by atoms with E-state index < -0.39 is 0 Å². The molecule has 2 heterocycles. The maximum absolute atomic E-state index is 9.43. The fourth-order valence-electron chi connectivity index (χ4n) is 3.05. The van der Waals surface area contributed by atoms with Gasteiger partial charge in [0.05, 0.1) is 5.52 Å². The molecule has 0 bridgehead atoms. The molecule has 136 valence electrons. The van der Waals surface area contributed by atoms with Gasteiger partial charge in [-0.2, -0.15) is 4.98 Å². The SMILES string of the molecule is CN1CCN(c2nc(Nc3ccc(O)cc3)nc3ccccc23)CC1.[Cl-]. The first-order chi connectivity index (χ1) is 12.2. The number of nitrogens with zero attached hydrogens (tertiary/aromatic N) is 4. The van der Waals surface area contributed by atoms with Gasteiger partial charge >= 0.3 is 0 Å². The lowest BCUT2D eigenvalue weighted by Gasteiger charge is -2.33. The number of likely N-dealkylation sites (N-methyl/N-ethyl adjacent to an activating group) is 1. The van der Waals surface area contributed by atoms with Crippen molar-refractivity contribution < 1.29 is 17.5 Å². The average molecular weight is 371 g/mol. The molecule has 0 radical (unpaired) electrons. The Kier molecular flexibility index (Phi) is 5.44. The number of anilines is 3. The molecule has 2 aromatic carbocycles. The van der Waals surface area contributed by atoms with Crippen LogP contribution in [0.4, 0.5) is 17.5 Å². The summed E-state index contributed by atoms with van der Waals surface area (Å²) in [5, 5.41) is 13.7. The minimum absolute atomic E-state index is 0. The molecule has 1 aliphatic rings. The normalized spacial score (nSPS) is 14.9. The number of phenols is 1. The molecule has 0 amide bonds. The van der Waals surface area contributed by atoms with Gasteiger partial charge in [-0.25, -0.2) is 4.98 Å². The van der Waals surface area contributed by atoms with E-state index in [1.807, 2.05) is 30.3 Å². The zero-order valence-electron chi connectivity index (χ0n) is 14.6. The number of benzene rings is 2. The van der Waals surface area contributed by atoms with Crippen LogP contribution in [0.25, 0.3) is 10.9 Å². The van der Waals surface area contributed by atoms with Gasteiger partial charge in [0.15, 0.2) is 0 Å². The lowest BCUT2D eigenvalue weighted by molar-refractivity contribution is -0.00000619. The fraction of sp³-hybridized carbons (Fsp3) is 0.263. The van der Waals surface area contributed by atoms with Crippen molar-refractivity contribution in [2.45, 2.75) is 0 Å². The quantitative estimate of drug-likeness (QED) is 0.624. The van der Waals surface area contributed by atoms with E-state index in [1.54, 1.807) is 12.1 Å². The maximum Gasteiger partial charge on any atom is 0.229 e. The summed E-state index contributed by atoms with van der Waals surface area (Å²) in [4.78, 5) is 14.1. The highest BCUT2D eigenvalue weighted by Gasteiger charge is 2.19. The van der Waals surface area contributed by atoms with Gasteiger partial charge in [0.1, 0.15) is 11.6 Å². The van der Waals surface area contributed by atoms with Gasteiger partial charge in [0, 0.05) is 37.3 Å². The third-order valence-electron chi connectivity index (χ3n) is 4.51. The van der Waals surface area contributed by atoms with Gasteiger partial charge in [-0.3, -0.25) is 0 Å². The average Bonchev–Trinajstić information content (AvgIpc) is 2.64. The second-order valence-electron chi connectivity index (χ2n) is 6.35. The van der Waals surface area contributed by atoms with Crippen LogP contribution in [0, 0.1) is 0 Å². The summed E-state index contributed by atoms with van der Waals surface area (Å²) in [7, 11) is 2.15. The monoisotopic (exact) mass is 370 g/mol. The molecular formula is C19H21ClN5O-. The Hall–Kier alpha value is -2.57. The van der Waals surface area contributed by atoms with Gasteiger partial charge in [0.2, 0.25) is 5.95 Å². The molecule has 0 atom stereocenters. The first-order valence-corrected chi connectivity index (χ1v) is 8.45. The van der Waals surface area contributed by atoms with Crippen LogP contribution in [0.5, 0.6) is 5.75 Å². The van der Waals surface area contributed by atoms with Crippen molar-refractivity contribution in [1.29, 1.82) is 0 Å². The molecule has 1 aromatic heterocycles. The highest BCUT2D eigenvalue weighted by Crippen LogP contribution is 2.27. The predicted octanol–water partition coefficient (Wildman–Crippen LogP) is -0.165. The van der Waals surface area contributed by atoms with Crippen LogP contribution < -0.4 is 22.6 Å². The third kappa shape index (κ3) is 3.81. The van der Waals surface area contributed by atoms with E-state index in [1.165, 1.54) is 0 Å². The second kappa shape index (κ2) is 7.76. The number of fused-ring (bicyclic) bond motifs is 1. The Bertz CT molecular complexity index is 879. The predicted molar refractivity (Wildman–Crippen MR) is 101 cm³/mol. The van der Waals surface area contributed by atoms with Gasteiger partial charge in [0.25, 0.3) is 0 Å². The summed E-state index contributed by atoms with van der Waals surface area (Å²) in [5.74, 6) is 1.78. The summed E-state index contributed by atoms with van der Waals surface area (Å²) >= 11 is 0. The number of nitrogens with one attached hydrogen (secondary N) is 1. The Morgan fingerprint density at radius 3 is 2.35 bits per heavy atom. The molecular weight excluding hydrogens is 350 g/mol. The van der Waals surface area contributed by atoms with E-state index in [2.05, 4.69) is 33.2 Å². The lowest BCUT2D eigenvalue weighted by atomic mass is 10.2. The van der Waals surface area contributed by atoms with Gasteiger partial charge in [-0.15, -0.1) is 0 Å². The molecule has 0 saturated carbocycles. The number of piperazine rings is 1. The van der Waals surface area contributed by atoms with E-state index in [0.717, 1.165) is 48.6 Å². The summed E-state index contributed by atoms with van der Waals surface area (Å²) in [6, 6.07) is 15.0. The summed E-state index contributed by atoms with van der Waals surface area (Å²) < 4.78 is 0. The molecule has 1 fully saturated rings. The fourth-order valence-corrected chi connectivity index (χ4v) is 3.05. The molecule has 1 aliphatic heterocycles. The number of aromatic hydroxyl groups is 1. The molecule has 1 saturated heterocycles. The molecule has 0 spiro atoms. The van der Waals surface area contributed by atoms with Crippen molar-refractivity contribution in [2.24, 2.45) is 0 Å². The van der Waals surface area contributed by atoms with Gasteiger partial charge < -0.3 is 32.6 Å². The van der Waals surface area contributed by atoms with E-state index in [9.17, 15) is 5.11 Å². The van der Waals surface area contributed by atoms with Crippen molar-refractivity contribution in [2.75, 3.05) is 43.4 Å². The van der Waals surface area contributed by atoms with Crippen LogP contribution in [0.2, 0.25) is 0 Å². The maximum atomic E-state index is 9.43. The topological polar surface area (TPSA) is 64.5 Å². The number of hydrogen-bond acceptors (Lipinski definition) is 6. The summed E-state index contributed by atoms with van der Waals surface area (Å²) in [6.45, 7) is 3.96. The minimum Gasteiger partial charge on any atom is -1.00 e. The van der Waals surface area contributed by atoms with Crippen LogP contribution in [0.3, 0.4) is 0 Å². The number of phenolic OH excluding ortho intramolecular Hbond substituents is 1. The van der Waals surface area contributed by atoms with E-state index in [4.69, 9.17) is 4.98 Å². The zero-order chi connectivity index (χ0) is 17.2. The smallest absolute Gasteiger partial charge is 0.229 e. The number of aromatic nitrogens is 2. The zero-order valence-corrected chi connectivity index (χ0v) is 15.3. The number of halogens is 1. The van der Waals surface area contributed by atoms with Crippen molar-refractivity contribution in [3.8, 4) is 5.75 Å². The van der Waals surface area contributed by atoms with Crippen LogP contribution in [0.15, 0.2) is 48.5 Å². The number of hydrogen-bond donors (Lipinski definition) is 2. The van der Waals surface area contributed by atoms with Crippen molar-refractivity contribution in [1.82, 2.24) is 14.9 Å². The molecule has 3 aromatic rings. The van der Waals surface area contributed by atoms with E-state index >= 15 is 0 Å². The molecule has 26 heavy (non-hydrogen) atoms. The van der Waals surface area contributed by atoms with Crippen LogP contribution in [-0.4, -0.2) is 53.2 Å². The van der Waals surface area contributed by atoms with Crippen LogP contribution in [0.1, 0.15) is 0 Å². The lowest BCUT2D eigenvalue weighted by Crippen LogP contribution is -3.00. The Morgan fingerprint density at radius 1 is 0.923 bits per heavy atom. The summed E-state index contributed by atoms with van der Waals surface area (Å²) in [6.07, 6.45) is 0. The first-order valence-electron chi connectivity index (χ1n) is 8.45. The Labute approximate surface area is 158 Å². The second-order valence-corrected chi connectivity index (χ2v) is 6.35. The summed E-state index contributed by atoms with van der Waals surface area (Å²) in [5.41, 5.74) is 1.77. The molecule has 6 nitrogen and oxygen atoms in total. The molecule has 2 N–H and O–H groups in total. The van der Waals surface area contributed by atoms with Crippen molar-refractivity contribution >= 4 is 28.4 Å². The highest BCUT2D eigenvalue weighted by molar-refractivity contribution is 5.90. The molecule has 0 aliphatic carbocycles.